The lowest BCUT2D eigenvalue weighted by Gasteiger charge is -2.26. The fraction of sp³-hybridized carbons (Fsp3) is 0. The van der Waals surface area contributed by atoms with E-state index < -0.39 is 0 Å². The van der Waals surface area contributed by atoms with Crippen LogP contribution in [0.25, 0.3) is 43.5 Å². The molecule has 166 valence electrons. The van der Waals surface area contributed by atoms with E-state index in [-0.39, 0.29) is 0 Å². The Morgan fingerprint density at radius 2 is 1.09 bits per heavy atom. The van der Waals surface area contributed by atoms with Crippen molar-refractivity contribution < 1.29 is 4.42 Å². The van der Waals surface area contributed by atoms with Crippen LogP contribution in [0.2, 0.25) is 5.02 Å². The van der Waals surface area contributed by atoms with Crippen LogP contribution >= 0.6 is 11.6 Å². The maximum atomic E-state index is 6.45. The van der Waals surface area contributed by atoms with Crippen LogP contribution in [-0.2, 0) is 0 Å². The molecule has 0 atom stereocenters. The Morgan fingerprint density at radius 1 is 0.457 bits per heavy atom. The summed E-state index contributed by atoms with van der Waals surface area (Å²) < 4.78 is 6.08. The average Bonchev–Trinajstić information content (AvgIpc) is 3.27. The summed E-state index contributed by atoms with van der Waals surface area (Å²) in [5.41, 5.74) is 4.90. The Hall–Kier alpha value is -4.27. The van der Waals surface area contributed by atoms with E-state index in [1.165, 1.54) is 21.5 Å². The summed E-state index contributed by atoms with van der Waals surface area (Å²) in [4.78, 5) is 2.26. The zero-order chi connectivity index (χ0) is 23.4. The van der Waals surface area contributed by atoms with Gasteiger partial charge in [0, 0.05) is 32.9 Å². The highest BCUT2D eigenvalue weighted by atomic mass is 35.5. The lowest BCUT2D eigenvalue weighted by molar-refractivity contribution is 0.669. The smallest absolute Gasteiger partial charge is 0.135 e. The van der Waals surface area contributed by atoms with Gasteiger partial charge in [0.1, 0.15) is 11.2 Å². The largest absolute Gasteiger partial charge is 0.456 e. The molecule has 2 nitrogen and oxygen atoms in total. The van der Waals surface area contributed by atoms with Gasteiger partial charge in [-0.15, -0.1) is 0 Å². The van der Waals surface area contributed by atoms with Gasteiger partial charge in [-0.3, -0.25) is 0 Å². The van der Waals surface area contributed by atoms with Crippen molar-refractivity contribution in [2.24, 2.45) is 0 Å². The number of furan rings is 1. The van der Waals surface area contributed by atoms with Gasteiger partial charge in [0.25, 0.3) is 0 Å². The van der Waals surface area contributed by atoms with E-state index in [2.05, 4.69) is 89.8 Å². The Labute approximate surface area is 207 Å². The van der Waals surface area contributed by atoms with E-state index in [0.29, 0.717) is 5.02 Å². The van der Waals surface area contributed by atoms with Gasteiger partial charge in [0.05, 0.1) is 0 Å². The van der Waals surface area contributed by atoms with Crippen molar-refractivity contribution in [3.8, 4) is 0 Å². The first-order valence-electron chi connectivity index (χ1n) is 11.6. The minimum atomic E-state index is 0.702. The zero-order valence-electron chi connectivity index (χ0n) is 18.8. The highest BCUT2D eigenvalue weighted by Crippen LogP contribution is 2.40. The molecule has 0 aliphatic rings. The molecule has 1 heterocycles. The molecule has 6 aromatic carbocycles. The van der Waals surface area contributed by atoms with E-state index in [4.69, 9.17) is 16.0 Å². The highest BCUT2D eigenvalue weighted by molar-refractivity contribution is 6.30. The highest BCUT2D eigenvalue weighted by Gasteiger charge is 2.16. The average molecular weight is 470 g/mol. The predicted octanol–water partition coefficient (Wildman–Crippen LogP) is 10.0. The van der Waals surface area contributed by atoms with Gasteiger partial charge >= 0.3 is 0 Å². The molecule has 1 aromatic heterocycles. The van der Waals surface area contributed by atoms with Crippen molar-refractivity contribution >= 4 is 72.1 Å². The number of fused-ring (bicyclic) bond motifs is 6. The van der Waals surface area contributed by atoms with Crippen molar-refractivity contribution in [1.82, 2.24) is 0 Å². The number of rotatable bonds is 3. The topological polar surface area (TPSA) is 16.4 Å². The third-order valence-electron chi connectivity index (χ3n) is 6.67. The second-order valence-corrected chi connectivity index (χ2v) is 9.22. The standard InChI is InChI=1S/C32H20ClNO/c33-23-7-5-8-24(18-23)34(26-16-17-32-30(20-26)28-10-3-4-11-31(28)35-32)25-15-14-22-13-12-21-6-1-2-9-27(21)29(22)19-25/h1-20H. The Kier molecular flexibility index (Phi) is 4.54. The fourth-order valence-corrected chi connectivity index (χ4v) is 5.23. The van der Waals surface area contributed by atoms with Gasteiger partial charge in [-0.1, -0.05) is 78.3 Å². The van der Waals surface area contributed by atoms with E-state index in [1.54, 1.807) is 0 Å². The summed E-state index contributed by atoms with van der Waals surface area (Å²) in [6, 6.07) is 42.1. The van der Waals surface area contributed by atoms with Crippen molar-refractivity contribution in [3.63, 3.8) is 0 Å². The molecule has 0 spiro atoms. The number of benzene rings is 6. The number of hydrogen-bond donors (Lipinski definition) is 0. The van der Waals surface area contributed by atoms with Crippen LogP contribution in [-0.4, -0.2) is 0 Å². The molecule has 0 saturated carbocycles. The monoisotopic (exact) mass is 469 g/mol. The summed E-state index contributed by atoms with van der Waals surface area (Å²) in [7, 11) is 0. The van der Waals surface area contributed by atoms with Crippen molar-refractivity contribution in [2.45, 2.75) is 0 Å². The molecule has 0 aliphatic carbocycles. The number of para-hydroxylation sites is 1. The van der Waals surface area contributed by atoms with Crippen LogP contribution in [0, 0.1) is 0 Å². The van der Waals surface area contributed by atoms with Gasteiger partial charge < -0.3 is 9.32 Å². The zero-order valence-corrected chi connectivity index (χ0v) is 19.5. The molecule has 7 rings (SSSR count). The van der Waals surface area contributed by atoms with Crippen LogP contribution in [0.15, 0.2) is 126 Å². The summed E-state index contributed by atoms with van der Waals surface area (Å²) in [5, 5.41) is 7.83. The van der Waals surface area contributed by atoms with Crippen molar-refractivity contribution in [1.29, 1.82) is 0 Å². The van der Waals surface area contributed by atoms with E-state index in [1.807, 2.05) is 36.4 Å². The molecule has 0 amide bonds. The van der Waals surface area contributed by atoms with E-state index >= 15 is 0 Å². The van der Waals surface area contributed by atoms with Crippen molar-refractivity contribution in [3.05, 3.63) is 126 Å². The maximum absolute atomic E-state index is 6.45. The normalized spacial score (nSPS) is 11.6. The lowest BCUT2D eigenvalue weighted by Crippen LogP contribution is -2.09. The Bertz CT molecular complexity index is 1880. The van der Waals surface area contributed by atoms with Crippen molar-refractivity contribution in [2.75, 3.05) is 4.90 Å². The third-order valence-corrected chi connectivity index (χ3v) is 6.91. The molecule has 0 unspecified atom stereocenters. The van der Waals surface area contributed by atoms with Crippen LogP contribution < -0.4 is 4.90 Å². The van der Waals surface area contributed by atoms with Gasteiger partial charge in [0.15, 0.2) is 0 Å². The molecule has 0 fully saturated rings. The second-order valence-electron chi connectivity index (χ2n) is 8.79. The minimum Gasteiger partial charge on any atom is -0.456 e. The fourth-order valence-electron chi connectivity index (χ4n) is 5.04. The SMILES string of the molecule is Clc1cccc(N(c2ccc3ccc4ccccc4c3c2)c2ccc3oc4ccccc4c3c2)c1. The Balaban J connectivity index is 1.50. The number of anilines is 3. The molecule has 0 N–H and O–H groups in total. The molecule has 0 radical (unpaired) electrons. The first kappa shape index (κ1) is 20.1. The summed E-state index contributed by atoms with van der Waals surface area (Å²) >= 11 is 6.45. The molecule has 0 bridgehead atoms. The number of nitrogens with zero attached hydrogens (tertiary/aromatic N) is 1. The lowest BCUT2D eigenvalue weighted by atomic mass is 10.0. The summed E-state index contributed by atoms with van der Waals surface area (Å²) in [6.45, 7) is 0. The Morgan fingerprint density at radius 3 is 1.94 bits per heavy atom. The number of halogens is 1. The molecular weight excluding hydrogens is 450 g/mol. The quantitative estimate of drug-likeness (QED) is 0.239. The van der Waals surface area contributed by atoms with Gasteiger partial charge in [0.2, 0.25) is 0 Å². The number of hydrogen-bond acceptors (Lipinski definition) is 2. The molecule has 0 saturated heterocycles. The van der Waals surface area contributed by atoms with Gasteiger partial charge in [-0.25, -0.2) is 0 Å². The maximum Gasteiger partial charge on any atom is 0.135 e. The summed E-state index contributed by atoms with van der Waals surface area (Å²) in [6.07, 6.45) is 0. The van der Waals surface area contributed by atoms with Crippen LogP contribution in [0.5, 0.6) is 0 Å². The molecule has 0 aliphatic heterocycles. The van der Waals surface area contributed by atoms with Crippen LogP contribution in [0.1, 0.15) is 0 Å². The molecule has 7 aromatic rings. The minimum absolute atomic E-state index is 0.702. The molecule has 3 heteroatoms. The molecular formula is C32H20ClNO. The van der Waals surface area contributed by atoms with Crippen LogP contribution in [0.4, 0.5) is 17.1 Å². The second kappa shape index (κ2) is 7.90. The van der Waals surface area contributed by atoms with Gasteiger partial charge in [-0.05, 0) is 76.1 Å². The van der Waals surface area contributed by atoms with Crippen LogP contribution in [0.3, 0.4) is 0 Å². The predicted molar refractivity (Wildman–Crippen MR) is 148 cm³/mol. The first-order chi connectivity index (χ1) is 17.2. The van der Waals surface area contributed by atoms with E-state index in [9.17, 15) is 0 Å². The van der Waals surface area contributed by atoms with E-state index in [0.717, 1.165) is 39.0 Å². The molecule has 35 heavy (non-hydrogen) atoms. The summed E-state index contributed by atoms with van der Waals surface area (Å²) in [5.74, 6) is 0. The third kappa shape index (κ3) is 3.34. The van der Waals surface area contributed by atoms with Gasteiger partial charge in [-0.2, -0.15) is 0 Å². The first-order valence-corrected chi connectivity index (χ1v) is 12.0.